The minimum Gasteiger partial charge on any atom is -0.395 e. The molecule has 2 aromatic rings. The number of rotatable bonds is 5. The Morgan fingerprint density at radius 3 is 2.36 bits per heavy atom. The molecule has 3 fully saturated rings. The van der Waals surface area contributed by atoms with E-state index in [4.69, 9.17) is 0 Å². The van der Waals surface area contributed by atoms with Gasteiger partial charge in [-0.05, 0) is 61.1 Å². The van der Waals surface area contributed by atoms with Gasteiger partial charge in [0.1, 0.15) is 0 Å². The molecule has 0 spiro atoms. The molecule has 2 aromatic carbocycles. The molecule has 1 saturated carbocycles. The maximum absolute atomic E-state index is 13.3. The molecule has 0 radical (unpaired) electrons. The largest absolute Gasteiger partial charge is 0.395 e. The molecule has 0 bridgehead atoms. The molecule has 1 N–H and O–H groups in total. The summed E-state index contributed by atoms with van der Waals surface area (Å²) in [6.45, 7) is 2.74. The van der Waals surface area contributed by atoms with Crippen molar-refractivity contribution in [3.8, 4) is 11.1 Å². The lowest BCUT2D eigenvalue weighted by Gasteiger charge is -2.57. The van der Waals surface area contributed by atoms with Gasteiger partial charge in [0.15, 0.2) is 0 Å². The predicted molar refractivity (Wildman–Crippen MR) is 142 cm³/mol. The lowest BCUT2D eigenvalue weighted by Crippen LogP contribution is -2.68. The highest BCUT2D eigenvalue weighted by atomic mass is 16.3. The SMILES string of the molecule is CN(C)C(=O)c1cccc(-c2ccc([C@@H]3[C@@H](CO)N4CCCCN(C(=O)C5CCCC5)C[C@@H]34)cc2)c1. The van der Waals surface area contributed by atoms with Gasteiger partial charge >= 0.3 is 0 Å². The molecule has 2 amide bonds. The zero-order valence-corrected chi connectivity index (χ0v) is 21.6. The Bertz CT molecular complexity index is 1080. The molecule has 6 heteroatoms. The van der Waals surface area contributed by atoms with E-state index < -0.39 is 0 Å². The van der Waals surface area contributed by atoms with Crippen LogP contribution in [-0.2, 0) is 4.79 Å². The Labute approximate surface area is 214 Å². The first-order valence-electron chi connectivity index (χ1n) is 13.6. The first kappa shape index (κ1) is 25.0. The number of benzene rings is 2. The van der Waals surface area contributed by atoms with Crippen LogP contribution in [0.5, 0.6) is 0 Å². The van der Waals surface area contributed by atoms with Crippen LogP contribution < -0.4 is 0 Å². The Balaban J connectivity index is 1.36. The maximum atomic E-state index is 13.3. The average molecular weight is 490 g/mol. The molecule has 0 aromatic heterocycles. The summed E-state index contributed by atoms with van der Waals surface area (Å²) in [6, 6.07) is 16.7. The van der Waals surface area contributed by atoms with Crippen molar-refractivity contribution in [1.82, 2.24) is 14.7 Å². The number of aliphatic hydroxyl groups is 1. The Kier molecular flexibility index (Phi) is 7.44. The van der Waals surface area contributed by atoms with E-state index in [0.29, 0.717) is 11.5 Å². The van der Waals surface area contributed by atoms with E-state index in [9.17, 15) is 14.7 Å². The summed E-state index contributed by atoms with van der Waals surface area (Å²) in [6.07, 6.45) is 6.52. The van der Waals surface area contributed by atoms with Crippen molar-refractivity contribution in [1.29, 1.82) is 0 Å². The lowest BCUT2D eigenvalue weighted by molar-refractivity contribution is -0.140. The molecule has 36 heavy (non-hydrogen) atoms. The first-order valence-corrected chi connectivity index (χ1v) is 13.6. The van der Waals surface area contributed by atoms with E-state index in [2.05, 4.69) is 34.1 Å². The number of carbonyl (C=O) groups excluding carboxylic acids is 2. The molecule has 0 unspecified atom stereocenters. The normalized spacial score (nSPS) is 25.0. The molecule has 2 saturated heterocycles. The summed E-state index contributed by atoms with van der Waals surface area (Å²) in [5, 5.41) is 10.3. The molecule has 6 nitrogen and oxygen atoms in total. The van der Waals surface area contributed by atoms with Gasteiger partial charge in [0, 0.05) is 56.7 Å². The minimum absolute atomic E-state index is 0.00481. The number of fused-ring (bicyclic) bond motifs is 1. The highest BCUT2D eigenvalue weighted by molar-refractivity contribution is 5.95. The topological polar surface area (TPSA) is 64.1 Å². The number of nitrogens with zero attached hydrogens (tertiary/aromatic N) is 3. The fraction of sp³-hybridized carbons (Fsp3) is 0.533. The molecule has 2 aliphatic heterocycles. The summed E-state index contributed by atoms with van der Waals surface area (Å²) < 4.78 is 0. The van der Waals surface area contributed by atoms with Gasteiger partial charge in [-0.15, -0.1) is 0 Å². The van der Waals surface area contributed by atoms with Crippen LogP contribution in [0.15, 0.2) is 48.5 Å². The summed E-state index contributed by atoms with van der Waals surface area (Å²) in [4.78, 5) is 31.8. The number of carbonyl (C=O) groups is 2. The zero-order chi connectivity index (χ0) is 25.2. The number of hydrogen-bond acceptors (Lipinski definition) is 4. The quantitative estimate of drug-likeness (QED) is 0.690. The Morgan fingerprint density at radius 1 is 0.944 bits per heavy atom. The van der Waals surface area contributed by atoms with Gasteiger partial charge in [-0.25, -0.2) is 0 Å². The van der Waals surface area contributed by atoms with Crippen LogP contribution in [0.3, 0.4) is 0 Å². The van der Waals surface area contributed by atoms with Crippen LogP contribution in [0.2, 0.25) is 0 Å². The van der Waals surface area contributed by atoms with Crippen molar-refractivity contribution in [3.63, 3.8) is 0 Å². The van der Waals surface area contributed by atoms with Crippen molar-refractivity contribution in [2.24, 2.45) is 5.92 Å². The van der Waals surface area contributed by atoms with E-state index in [0.717, 1.165) is 56.4 Å². The van der Waals surface area contributed by atoms with Crippen LogP contribution in [0.4, 0.5) is 0 Å². The second kappa shape index (κ2) is 10.7. The highest BCUT2D eigenvalue weighted by Crippen LogP contribution is 2.42. The van der Waals surface area contributed by atoms with Crippen molar-refractivity contribution in [2.45, 2.75) is 56.5 Å². The van der Waals surface area contributed by atoms with Crippen LogP contribution >= 0.6 is 0 Å². The van der Waals surface area contributed by atoms with Crippen LogP contribution in [0, 0.1) is 5.92 Å². The zero-order valence-electron chi connectivity index (χ0n) is 21.6. The molecule has 1 aliphatic carbocycles. The molecular formula is C30H39N3O3. The summed E-state index contributed by atoms with van der Waals surface area (Å²) in [5.74, 6) is 0.764. The number of hydrogen-bond donors (Lipinski definition) is 1. The third-order valence-corrected chi connectivity index (χ3v) is 8.53. The minimum atomic E-state index is -0.00481. The second-order valence-electron chi connectivity index (χ2n) is 11.0. The van der Waals surface area contributed by atoms with E-state index >= 15 is 0 Å². The van der Waals surface area contributed by atoms with Crippen LogP contribution in [-0.4, -0.2) is 84.0 Å². The summed E-state index contributed by atoms with van der Waals surface area (Å²) in [7, 11) is 3.53. The van der Waals surface area contributed by atoms with Crippen LogP contribution in [0.25, 0.3) is 11.1 Å². The van der Waals surface area contributed by atoms with Gasteiger partial charge in [0.25, 0.3) is 5.91 Å². The van der Waals surface area contributed by atoms with E-state index in [1.807, 2.05) is 24.3 Å². The molecule has 192 valence electrons. The fourth-order valence-electron chi connectivity index (χ4n) is 6.56. The maximum Gasteiger partial charge on any atom is 0.253 e. The van der Waals surface area contributed by atoms with Gasteiger partial charge in [-0.2, -0.15) is 0 Å². The van der Waals surface area contributed by atoms with Crippen molar-refractivity contribution in [3.05, 3.63) is 59.7 Å². The third kappa shape index (κ3) is 4.81. The molecule has 3 aliphatic rings. The van der Waals surface area contributed by atoms with Gasteiger partial charge in [-0.3, -0.25) is 14.5 Å². The molecule has 5 rings (SSSR count). The van der Waals surface area contributed by atoms with Gasteiger partial charge in [0.2, 0.25) is 5.91 Å². The van der Waals surface area contributed by atoms with Crippen molar-refractivity contribution >= 4 is 11.8 Å². The molecule has 2 heterocycles. The van der Waals surface area contributed by atoms with Crippen molar-refractivity contribution < 1.29 is 14.7 Å². The van der Waals surface area contributed by atoms with Gasteiger partial charge in [-0.1, -0.05) is 49.2 Å². The third-order valence-electron chi connectivity index (χ3n) is 8.53. The lowest BCUT2D eigenvalue weighted by atomic mass is 9.74. The van der Waals surface area contributed by atoms with Crippen LogP contribution in [0.1, 0.15) is 60.4 Å². The number of aliphatic hydroxyl groups excluding tert-OH is 1. The Hall–Kier alpha value is -2.70. The van der Waals surface area contributed by atoms with Gasteiger partial charge < -0.3 is 14.9 Å². The second-order valence-corrected chi connectivity index (χ2v) is 11.0. The fourth-order valence-corrected chi connectivity index (χ4v) is 6.56. The van der Waals surface area contributed by atoms with E-state index in [1.165, 1.54) is 18.4 Å². The number of amides is 2. The van der Waals surface area contributed by atoms with E-state index in [1.54, 1.807) is 19.0 Å². The van der Waals surface area contributed by atoms with Gasteiger partial charge in [0.05, 0.1) is 6.61 Å². The smallest absolute Gasteiger partial charge is 0.253 e. The average Bonchev–Trinajstić information content (AvgIpc) is 3.42. The Morgan fingerprint density at radius 2 is 1.67 bits per heavy atom. The molecular weight excluding hydrogens is 450 g/mol. The summed E-state index contributed by atoms with van der Waals surface area (Å²) >= 11 is 0. The standard InChI is InChI=1S/C30H39N3O3/c1-31(2)29(35)25-11-7-10-24(18-25)21-12-14-22(15-13-21)28-26-19-32(30(36)23-8-3-4-9-23)16-5-6-17-33(26)27(28)20-34/h7,10-15,18,23,26-28,34H,3-6,8-9,16-17,19-20H2,1-2H3/t26-,27+,28-/m0/s1. The van der Waals surface area contributed by atoms with Crippen molar-refractivity contribution in [2.75, 3.05) is 40.3 Å². The summed E-state index contributed by atoms with van der Waals surface area (Å²) in [5.41, 5.74) is 3.98. The highest BCUT2D eigenvalue weighted by Gasteiger charge is 2.49. The predicted octanol–water partition coefficient (Wildman–Crippen LogP) is 4.00. The molecule has 3 atom stereocenters. The first-order chi connectivity index (χ1) is 17.5. The van der Waals surface area contributed by atoms with E-state index in [-0.39, 0.29) is 36.4 Å². The monoisotopic (exact) mass is 489 g/mol.